The van der Waals surface area contributed by atoms with Crippen LogP contribution >= 0.6 is 0 Å². The van der Waals surface area contributed by atoms with Crippen LogP contribution in [-0.4, -0.2) is 34.1 Å². The maximum Gasteiger partial charge on any atom is 0.308 e. The molecule has 1 unspecified atom stereocenters. The molecule has 1 aliphatic rings. The van der Waals surface area contributed by atoms with Gasteiger partial charge in [0.05, 0.1) is 16.8 Å². The van der Waals surface area contributed by atoms with Crippen LogP contribution in [0.4, 0.5) is 10.2 Å². The van der Waals surface area contributed by atoms with E-state index in [-0.39, 0.29) is 5.82 Å². The average molecular weight is 351 g/mol. The number of piperidine rings is 1. The van der Waals surface area contributed by atoms with Crippen molar-refractivity contribution in [2.24, 2.45) is 5.92 Å². The standard InChI is InChI=1S/C20H18FN3O2/c21-15-8-6-13(7-9-15)16-4-1-5-17-18(16)19(23-12-22-17)24-10-2-3-14(11-24)20(25)26/h1,4-9,12,14H,2-3,10-11H2,(H,25,26). The molecule has 0 amide bonds. The van der Waals surface area contributed by atoms with Crippen molar-refractivity contribution in [3.05, 3.63) is 54.6 Å². The average Bonchev–Trinajstić information content (AvgIpc) is 2.68. The Hall–Kier alpha value is -3.02. The largest absolute Gasteiger partial charge is 0.481 e. The summed E-state index contributed by atoms with van der Waals surface area (Å²) in [7, 11) is 0. The van der Waals surface area contributed by atoms with Crippen molar-refractivity contribution in [1.29, 1.82) is 0 Å². The molecule has 2 heterocycles. The number of halogens is 1. The molecule has 5 nitrogen and oxygen atoms in total. The minimum Gasteiger partial charge on any atom is -0.481 e. The van der Waals surface area contributed by atoms with Gasteiger partial charge in [-0.1, -0.05) is 24.3 Å². The van der Waals surface area contributed by atoms with Crippen LogP contribution in [0.2, 0.25) is 0 Å². The number of rotatable bonds is 3. The predicted octanol–water partition coefficient (Wildman–Crippen LogP) is 3.74. The van der Waals surface area contributed by atoms with E-state index in [4.69, 9.17) is 0 Å². The summed E-state index contributed by atoms with van der Waals surface area (Å²) in [4.78, 5) is 22.3. The second kappa shape index (κ2) is 6.71. The van der Waals surface area contributed by atoms with E-state index >= 15 is 0 Å². The lowest BCUT2D eigenvalue weighted by Crippen LogP contribution is -2.39. The zero-order chi connectivity index (χ0) is 18.1. The number of aromatic nitrogens is 2. The van der Waals surface area contributed by atoms with E-state index in [1.54, 1.807) is 12.1 Å². The Morgan fingerprint density at radius 3 is 2.73 bits per heavy atom. The minimum absolute atomic E-state index is 0.286. The summed E-state index contributed by atoms with van der Waals surface area (Å²) >= 11 is 0. The lowest BCUT2D eigenvalue weighted by molar-refractivity contribution is -0.141. The highest BCUT2D eigenvalue weighted by Gasteiger charge is 2.27. The highest BCUT2D eigenvalue weighted by Crippen LogP contribution is 2.35. The summed E-state index contributed by atoms with van der Waals surface area (Å²) in [6, 6.07) is 12.1. The molecule has 0 spiro atoms. The number of carboxylic acid groups (broad SMARTS) is 1. The zero-order valence-corrected chi connectivity index (χ0v) is 14.1. The van der Waals surface area contributed by atoms with Gasteiger partial charge in [0.25, 0.3) is 0 Å². The molecule has 2 aromatic carbocycles. The van der Waals surface area contributed by atoms with E-state index in [1.165, 1.54) is 18.5 Å². The van der Waals surface area contributed by atoms with E-state index in [1.807, 2.05) is 23.1 Å². The van der Waals surface area contributed by atoms with Gasteiger partial charge in [0.1, 0.15) is 18.0 Å². The van der Waals surface area contributed by atoms with Crippen LogP contribution in [0.3, 0.4) is 0 Å². The first-order chi connectivity index (χ1) is 12.6. The van der Waals surface area contributed by atoms with Crippen molar-refractivity contribution in [2.75, 3.05) is 18.0 Å². The van der Waals surface area contributed by atoms with Crippen molar-refractivity contribution in [3.63, 3.8) is 0 Å². The van der Waals surface area contributed by atoms with Crippen molar-refractivity contribution in [2.45, 2.75) is 12.8 Å². The molecule has 1 aromatic heterocycles. The second-order valence-corrected chi connectivity index (χ2v) is 6.53. The third kappa shape index (κ3) is 2.98. The van der Waals surface area contributed by atoms with Crippen LogP contribution in [0.1, 0.15) is 12.8 Å². The van der Waals surface area contributed by atoms with Crippen molar-refractivity contribution in [3.8, 4) is 11.1 Å². The van der Waals surface area contributed by atoms with Gasteiger partial charge >= 0.3 is 5.97 Å². The molecule has 3 aromatic rings. The number of anilines is 1. The number of aliphatic carboxylic acids is 1. The molecule has 1 saturated heterocycles. The summed E-state index contributed by atoms with van der Waals surface area (Å²) in [5.74, 6) is -0.717. The highest BCUT2D eigenvalue weighted by molar-refractivity contribution is 6.02. The second-order valence-electron chi connectivity index (χ2n) is 6.53. The van der Waals surface area contributed by atoms with Gasteiger partial charge in [0, 0.05) is 13.1 Å². The van der Waals surface area contributed by atoms with E-state index in [2.05, 4.69) is 9.97 Å². The number of hydrogen-bond donors (Lipinski definition) is 1. The molecule has 1 N–H and O–H groups in total. The van der Waals surface area contributed by atoms with Crippen LogP contribution in [-0.2, 0) is 4.79 Å². The van der Waals surface area contributed by atoms with Gasteiger partial charge < -0.3 is 10.0 Å². The third-order valence-corrected chi connectivity index (χ3v) is 4.87. The minimum atomic E-state index is -0.771. The fourth-order valence-corrected chi connectivity index (χ4v) is 3.57. The van der Waals surface area contributed by atoms with Gasteiger partial charge in [0.15, 0.2) is 0 Å². The van der Waals surface area contributed by atoms with Gasteiger partial charge in [-0.3, -0.25) is 4.79 Å². The van der Waals surface area contributed by atoms with E-state index in [0.717, 1.165) is 40.8 Å². The molecule has 4 rings (SSSR count). The zero-order valence-electron chi connectivity index (χ0n) is 14.1. The fourth-order valence-electron chi connectivity index (χ4n) is 3.57. The summed E-state index contributed by atoms with van der Waals surface area (Å²) in [6.07, 6.45) is 3.00. The van der Waals surface area contributed by atoms with Gasteiger partial charge in [-0.25, -0.2) is 14.4 Å². The van der Waals surface area contributed by atoms with Crippen LogP contribution in [0.25, 0.3) is 22.0 Å². The number of nitrogens with zero attached hydrogens (tertiary/aromatic N) is 3. The summed E-state index contributed by atoms with van der Waals surface area (Å²) < 4.78 is 13.3. The van der Waals surface area contributed by atoms with Gasteiger partial charge in [0.2, 0.25) is 0 Å². The molecule has 0 aliphatic carbocycles. The SMILES string of the molecule is O=C(O)C1CCCN(c2ncnc3cccc(-c4ccc(F)cc4)c23)C1. The van der Waals surface area contributed by atoms with E-state index < -0.39 is 11.9 Å². The quantitative estimate of drug-likeness (QED) is 0.779. The Kier molecular flexibility index (Phi) is 4.24. The first kappa shape index (κ1) is 16.4. The Morgan fingerprint density at radius 2 is 1.96 bits per heavy atom. The molecule has 0 saturated carbocycles. The monoisotopic (exact) mass is 351 g/mol. The van der Waals surface area contributed by atoms with Crippen molar-refractivity contribution in [1.82, 2.24) is 9.97 Å². The number of carboxylic acids is 1. The lowest BCUT2D eigenvalue weighted by Gasteiger charge is -2.32. The summed E-state index contributed by atoms with van der Waals surface area (Å²) in [5.41, 5.74) is 2.57. The van der Waals surface area contributed by atoms with Crippen LogP contribution in [0, 0.1) is 11.7 Å². The Labute approximate surface area is 150 Å². The fraction of sp³-hybridized carbons (Fsp3) is 0.250. The number of carbonyl (C=O) groups is 1. The highest BCUT2D eigenvalue weighted by atomic mass is 19.1. The van der Waals surface area contributed by atoms with E-state index in [0.29, 0.717) is 13.0 Å². The number of benzene rings is 2. The molecular formula is C20H18FN3O2. The predicted molar refractivity (Wildman–Crippen MR) is 97.5 cm³/mol. The normalized spacial score (nSPS) is 17.4. The van der Waals surface area contributed by atoms with Crippen LogP contribution in [0.5, 0.6) is 0 Å². The number of hydrogen-bond acceptors (Lipinski definition) is 4. The summed E-state index contributed by atoms with van der Waals surface area (Å²) in [5, 5.41) is 10.2. The molecule has 132 valence electrons. The molecular weight excluding hydrogens is 333 g/mol. The first-order valence-corrected chi connectivity index (χ1v) is 8.61. The molecule has 6 heteroatoms. The van der Waals surface area contributed by atoms with E-state index in [9.17, 15) is 14.3 Å². The lowest BCUT2D eigenvalue weighted by atomic mass is 9.96. The summed E-state index contributed by atoms with van der Waals surface area (Å²) in [6.45, 7) is 1.19. The maximum atomic E-state index is 13.3. The first-order valence-electron chi connectivity index (χ1n) is 8.61. The third-order valence-electron chi connectivity index (χ3n) is 4.87. The van der Waals surface area contributed by atoms with Crippen molar-refractivity contribution < 1.29 is 14.3 Å². The van der Waals surface area contributed by atoms with Crippen LogP contribution in [0.15, 0.2) is 48.8 Å². The molecule has 26 heavy (non-hydrogen) atoms. The van der Waals surface area contributed by atoms with Crippen LogP contribution < -0.4 is 4.90 Å². The van der Waals surface area contributed by atoms with Gasteiger partial charge in [-0.2, -0.15) is 0 Å². The Balaban J connectivity index is 1.85. The topological polar surface area (TPSA) is 66.3 Å². The maximum absolute atomic E-state index is 13.3. The molecule has 0 radical (unpaired) electrons. The number of fused-ring (bicyclic) bond motifs is 1. The Morgan fingerprint density at radius 1 is 1.15 bits per heavy atom. The van der Waals surface area contributed by atoms with Crippen molar-refractivity contribution >= 4 is 22.7 Å². The Bertz CT molecular complexity index is 954. The molecule has 1 atom stereocenters. The molecule has 1 fully saturated rings. The van der Waals surface area contributed by atoms with Gasteiger partial charge in [-0.05, 0) is 42.2 Å². The molecule has 0 bridgehead atoms. The molecule has 1 aliphatic heterocycles. The smallest absolute Gasteiger partial charge is 0.308 e. The van der Waals surface area contributed by atoms with Gasteiger partial charge in [-0.15, -0.1) is 0 Å².